The Bertz CT molecular complexity index is 1230. The molecular weight excluding hydrogens is 464 g/mol. The summed E-state index contributed by atoms with van der Waals surface area (Å²) in [5.41, 5.74) is 3.51. The van der Waals surface area contributed by atoms with E-state index in [1.165, 1.54) is 0 Å². The van der Waals surface area contributed by atoms with E-state index in [0.717, 1.165) is 66.9 Å². The topological polar surface area (TPSA) is 57.7 Å². The zero-order chi connectivity index (χ0) is 23.5. The first-order valence-electron chi connectivity index (χ1n) is 12.1. The molecule has 2 aromatic carbocycles. The van der Waals surface area contributed by atoms with E-state index in [2.05, 4.69) is 22.4 Å². The summed E-state index contributed by atoms with van der Waals surface area (Å²) in [7, 11) is -3.60. The first-order valence-corrected chi connectivity index (χ1v) is 14.5. The summed E-state index contributed by atoms with van der Waals surface area (Å²) in [5, 5.41) is 3.12. The Labute approximate surface area is 206 Å². The molecule has 3 aliphatic heterocycles. The molecule has 0 radical (unpaired) electrons. The van der Waals surface area contributed by atoms with Crippen molar-refractivity contribution >= 4 is 33.3 Å². The number of hydrogen-bond donors (Lipinski definition) is 0. The molecule has 5 nitrogen and oxygen atoms in total. The highest BCUT2D eigenvalue weighted by Crippen LogP contribution is 2.44. The maximum absolute atomic E-state index is 13.7. The molecule has 1 saturated heterocycles. The molecule has 0 spiro atoms. The molecule has 2 aromatic rings. The lowest BCUT2D eigenvalue weighted by Crippen LogP contribution is -2.32. The summed E-state index contributed by atoms with van der Waals surface area (Å²) in [5.74, 6) is -0.0648. The van der Waals surface area contributed by atoms with Crippen LogP contribution >= 0.6 is 11.8 Å². The number of benzene rings is 2. The number of Topliss-reactive ketones (excluding diaryl/α,β-unsaturated/α-hetero) is 1. The predicted molar refractivity (Wildman–Crippen MR) is 138 cm³/mol. The molecule has 0 aromatic heterocycles. The molecule has 0 atom stereocenters. The third-order valence-corrected chi connectivity index (χ3v) is 9.70. The second-order valence-corrected chi connectivity index (χ2v) is 11.9. The van der Waals surface area contributed by atoms with E-state index in [1.54, 1.807) is 40.3 Å². The van der Waals surface area contributed by atoms with E-state index in [0.29, 0.717) is 25.1 Å². The molecule has 0 saturated carbocycles. The van der Waals surface area contributed by atoms with Crippen LogP contribution < -0.4 is 0 Å². The van der Waals surface area contributed by atoms with Gasteiger partial charge in [0.25, 0.3) is 0 Å². The molecule has 1 fully saturated rings. The normalized spacial score (nSPS) is 19.9. The zero-order valence-electron chi connectivity index (χ0n) is 19.3. The third kappa shape index (κ3) is 4.61. The van der Waals surface area contributed by atoms with E-state index in [-0.39, 0.29) is 10.7 Å². The van der Waals surface area contributed by atoms with Crippen LogP contribution in [0.4, 0.5) is 0 Å². The second kappa shape index (κ2) is 10.1. The molecule has 0 N–H and O–H groups in total. The summed E-state index contributed by atoms with van der Waals surface area (Å²) >= 11 is 1.60. The summed E-state index contributed by atoms with van der Waals surface area (Å²) in [6.07, 6.45) is 6.56. The average molecular weight is 495 g/mol. The minimum absolute atomic E-state index is 0.0648. The third-order valence-electron chi connectivity index (χ3n) is 6.78. The number of carbonyl (C=O) groups excluding carboxylic acids is 1. The van der Waals surface area contributed by atoms with Crippen LogP contribution in [-0.2, 0) is 10.0 Å². The van der Waals surface area contributed by atoms with Gasteiger partial charge in [-0.15, -0.1) is 0 Å². The van der Waals surface area contributed by atoms with Crippen molar-refractivity contribution in [3.63, 3.8) is 0 Å². The largest absolute Gasteiger partial charge is 0.335 e. The van der Waals surface area contributed by atoms with E-state index in [9.17, 15) is 13.2 Å². The summed E-state index contributed by atoms with van der Waals surface area (Å²) in [6.45, 7) is 1.98. The van der Waals surface area contributed by atoms with Gasteiger partial charge in [-0.25, -0.2) is 8.42 Å². The van der Waals surface area contributed by atoms with Gasteiger partial charge >= 0.3 is 0 Å². The number of hydrogen-bond acceptors (Lipinski definition) is 5. The Balaban J connectivity index is 1.45. The molecule has 178 valence electrons. The average Bonchev–Trinajstić information content (AvgIpc) is 3.03. The highest BCUT2D eigenvalue weighted by molar-refractivity contribution is 8.06. The molecule has 0 amide bonds. The van der Waals surface area contributed by atoms with Crippen LogP contribution in [0.5, 0.6) is 0 Å². The van der Waals surface area contributed by atoms with Gasteiger partial charge in [-0.3, -0.25) is 4.79 Å². The molecule has 0 unspecified atom stereocenters. The van der Waals surface area contributed by atoms with Crippen molar-refractivity contribution in [1.82, 2.24) is 9.21 Å². The first kappa shape index (κ1) is 23.4. The number of rotatable bonds is 5. The summed E-state index contributed by atoms with van der Waals surface area (Å²) in [4.78, 5) is 16.2. The van der Waals surface area contributed by atoms with E-state index in [4.69, 9.17) is 0 Å². The van der Waals surface area contributed by atoms with Crippen molar-refractivity contribution in [3.05, 3.63) is 81.7 Å². The van der Waals surface area contributed by atoms with Gasteiger partial charge in [0.05, 0.1) is 15.6 Å². The first-order chi connectivity index (χ1) is 16.6. The van der Waals surface area contributed by atoms with Crippen LogP contribution in [0, 0.1) is 0 Å². The van der Waals surface area contributed by atoms with Crippen molar-refractivity contribution < 1.29 is 13.2 Å². The van der Waals surface area contributed by atoms with Crippen LogP contribution in [0.25, 0.3) is 5.70 Å². The molecule has 0 aliphatic carbocycles. The van der Waals surface area contributed by atoms with Gasteiger partial charge in [0, 0.05) is 36.2 Å². The molecule has 0 bridgehead atoms. The predicted octanol–water partition coefficient (Wildman–Crippen LogP) is 5.88. The smallest absolute Gasteiger partial charge is 0.243 e. The Kier molecular flexibility index (Phi) is 6.95. The number of allylic oxidation sites excluding steroid dienone is 1. The van der Waals surface area contributed by atoms with Gasteiger partial charge < -0.3 is 4.90 Å². The van der Waals surface area contributed by atoms with Crippen molar-refractivity contribution in [2.24, 2.45) is 0 Å². The Morgan fingerprint density at radius 1 is 0.824 bits per heavy atom. The minimum Gasteiger partial charge on any atom is -0.335 e. The monoisotopic (exact) mass is 494 g/mol. The van der Waals surface area contributed by atoms with Crippen LogP contribution in [0.1, 0.15) is 60.9 Å². The van der Waals surface area contributed by atoms with Gasteiger partial charge in [-0.2, -0.15) is 4.31 Å². The van der Waals surface area contributed by atoms with Crippen molar-refractivity contribution in [3.8, 4) is 0 Å². The van der Waals surface area contributed by atoms with Crippen LogP contribution in [-0.4, -0.2) is 43.0 Å². The Hall–Kier alpha value is -2.35. The number of carbonyl (C=O) groups is 1. The fourth-order valence-electron chi connectivity index (χ4n) is 4.93. The van der Waals surface area contributed by atoms with Crippen molar-refractivity contribution in [1.29, 1.82) is 0 Å². The SMILES string of the molecule is O=C(C1=C2SC=C(c3ccccc3)N2CCCC1)c1cccc(S(=O)(=O)N2CCCCCC2)c1. The zero-order valence-corrected chi connectivity index (χ0v) is 20.9. The van der Waals surface area contributed by atoms with E-state index >= 15 is 0 Å². The van der Waals surface area contributed by atoms with Crippen LogP contribution in [0.15, 0.2) is 75.5 Å². The molecular formula is C27H30N2O3S2. The molecule has 34 heavy (non-hydrogen) atoms. The number of sulfonamides is 1. The standard InChI is InChI=1S/C27H30N2O3S2/c30-26(22-13-10-14-23(19-22)34(31,32)28-16-7-1-2-8-17-28)24-15-6-9-18-29-25(20-33-27(24)29)21-11-4-3-5-12-21/h3-5,10-14,19-20H,1-2,6-9,15-18H2. The van der Waals surface area contributed by atoms with E-state index < -0.39 is 10.0 Å². The fourth-order valence-corrected chi connectivity index (χ4v) is 7.63. The van der Waals surface area contributed by atoms with Crippen LogP contribution in [0.3, 0.4) is 0 Å². The quantitative estimate of drug-likeness (QED) is 0.486. The maximum Gasteiger partial charge on any atom is 0.243 e. The highest BCUT2D eigenvalue weighted by Gasteiger charge is 2.31. The van der Waals surface area contributed by atoms with Crippen LogP contribution in [0.2, 0.25) is 0 Å². The highest BCUT2D eigenvalue weighted by atomic mass is 32.2. The molecule has 5 rings (SSSR count). The van der Waals surface area contributed by atoms with Gasteiger partial charge in [0.2, 0.25) is 10.0 Å². The minimum atomic E-state index is -3.60. The van der Waals surface area contributed by atoms with Gasteiger partial charge in [-0.1, -0.05) is 67.1 Å². The van der Waals surface area contributed by atoms with Crippen molar-refractivity contribution in [2.75, 3.05) is 19.6 Å². The summed E-state index contributed by atoms with van der Waals surface area (Å²) < 4.78 is 28.2. The van der Waals surface area contributed by atoms with Gasteiger partial charge in [0.15, 0.2) is 5.78 Å². The van der Waals surface area contributed by atoms with E-state index in [1.807, 2.05) is 18.2 Å². The Morgan fingerprint density at radius 2 is 1.56 bits per heavy atom. The fraction of sp³-hybridized carbons (Fsp3) is 0.370. The van der Waals surface area contributed by atoms with Gasteiger partial charge in [-0.05, 0) is 49.8 Å². The lowest BCUT2D eigenvalue weighted by atomic mass is 10.00. The lowest BCUT2D eigenvalue weighted by molar-refractivity contribution is 0.102. The Morgan fingerprint density at radius 3 is 2.32 bits per heavy atom. The molecule has 7 heteroatoms. The molecule has 3 heterocycles. The maximum atomic E-state index is 13.7. The number of ketones is 1. The lowest BCUT2D eigenvalue weighted by Gasteiger charge is -2.23. The second-order valence-electron chi connectivity index (χ2n) is 9.05. The van der Waals surface area contributed by atoms with Gasteiger partial charge in [0.1, 0.15) is 0 Å². The number of thioether (sulfide) groups is 1. The number of nitrogens with zero attached hydrogens (tertiary/aromatic N) is 2. The number of fused-ring (bicyclic) bond motifs is 1. The van der Waals surface area contributed by atoms with Crippen molar-refractivity contribution in [2.45, 2.75) is 49.8 Å². The molecule has 3 aliphatic rings. The summed E-state index contributed by atoms with van der Waals surface area (Å²) in [6, 6.07) is 16.9.